The largest absolute Gasteiger partial charge is 0.456 e. The van der Waals surface area contributed by atoms with Crippen LogP contribution in [0.2, 0.25) is 0 Å². The maximum Gasteiger partial charge on any atom is 0.135 e. The molecular weight excluding hydrogens is 645 g/mol. The standard InChI is InChI=1S/C50H30N2O/c1-2-13-35(14-3-1)51-45-26-23-34(29-42(45)49-39-17-10-20-48-50(39)41(30-46(49)51)38-16-7-9-19-47(38)53-48)33-22-25-44-40(28-33)37-15-6-8-18-43(37)52(44)36-24-21-31-11-4-5-12-32(31)27-36/h1-30H. The minimum absolute atomic E-state index is 0.897. The van der Waals surface area contributed by atoms with E-state index < -0.39 is 0 Å². The van der Waals surface area contributed by atoms with Crippen molar-refractivity contribution in [2.45, 2.75) is 0 Å². The summed E-state index contributed by atoms with van der Waals surface area (Å²) < 4.78 is 11.3. The molecule has 53 heavy (non-hydrogen) atoms. The molecule has 3 nitrogen and oxygen atoms in total. The summed E-state index contributed by atoms with van der Waals surface area (Å²) in [6.45, 7) is 0. The average Bonchev–Trinajstić information content (AvgIpc) is 3.73. The van der Waals surface area contributed by atoms with Crippen molar-refractivity contribution in [3.8, 4) is 45.1 Å². The highest BCUT2D eigenvalue weighted by atomic mass is 16.5. The van der Waals surface area contributed by atoms with Gasteiger partial charge in [0.25, 0.3) is 0 Å². The first kappa shape index (κ1) is 28.6. The van der Waals surface area contributed by atoms with Crippen LogP contribution in [-0.4, -0.2) is 9.13 Å². The van der Waals surface area contributed by atoms with Gasteiger partial charge in [-0.3, -0.25) is 0 Å². The Balaban J connectivity index is 1.12. The van der Waals surface area contributed by atoms with Crippen LogP contribution in [-0.2, 0) is 0 Å². The van der Waals surface area contributed by atoms with E-state index in [1.807, 2.05) is 6.07 Å². The summed E-state index contributed by atoms with van der Waals surface area (Å²) in [5, 5.41) is 9.82. The van der Waals surface area contributed by atoms with E-state index in [-0.39, 0.29) is 0 Å². The summed E-state index contributed by atoms with van der Waals surface area (Å²) in [5.41, 5.74) is 11.8. The zero-order chi connectivity index (χ0) is 34.6. The van der Waals surface area contributed by atoms with E-state index in [0.717, 1.165) is 22.7 Å². The van der Waals surface area contributed by atoms with E-state index in [4.69, 9.17) is 4.74 Å². The number of aromatic nitrogens is 2. The van der Waals surface area contributed by atoms with Crippen molar-refractivity contribution >= 4 is 65.2 Å². The molecule has 1 aliphatic heterocycles. The molecular formula is C50H30N2O. The summed E-state index contributed by atoms with van der Waals surface area (Å²) in [5.74, 6) is 1.80. The molecule has 9 aromatic carbocycles. The summed E-state index contributed by atoms with van der Waals surface area (Å²) >= 11 is 0. The van der Waals surface area contributed by atoms with Crippen LogP contribution < -0.4 is 4.74 Å². The molecule has 2 aromatic heterocycles. The molecule has 0 aliphatic carbocycles. The Bertz CT molecular complexity index is 3310. The molecule has 0 fully saturated rings. The summed E-state index contributed by atoms with van der Waals surface area (Å²) in [6.07, 6.45) is 0. The van der Waals surface area contributed by atoms with E-state index in [1.54, 1.807) is 0 Å². The third-order valence-electron chi connectivity index (χ3n) is 11.3. The third-order valence-corrected chi connectivity index (χ3v) is 11.3. The predicted octanol–water partition coefficient (Wildman–Crippen LogP) is 13.6. The zero-order valence-corrected chi connectivity index (χ0v) is 28.6. The van der Waals surface area contributed by atoms with Gasteiger partial charge in [0.05, 0.1) is 22.1 Å². The number of fused-ring (bicyclic) bond motifs is 10. The minimum Gasteiger partial charge on any atom is -0.456 e. The molecule has 0 radical (unpaired) electrons. The molecule has 12 rings (SSSR count). The van der Waals surface area contributed by atoms with E-state index in [1.165, 1.54) is 87.5 Å². The van der Waals surface area contributed by atoms with Gasteiger partial charge in [0, 0.05) is 43.9 Å². The molecule has 0 bridgehead atoms. The fourth-order valence-electron chi connectivity index (χ4n) is 8.93. The van der Waals surface area contributed by atoms with Gasteiger partial charge >= 0.3 is 0 Å². The quantitative estimate of drug-likeness (QED) is 0.183. The number of rotatable bonds is 3. The second kappa shape index (κ2) is 10.7. The zero-order valence-electron chi connectivity index (χ0n) is 28.6. The topological polar surface area (TPSA) is 19.1 Å². The minimum atomic E-state index is 0.897. The van der Waals surface area contributed by atoms with Crippen molar-refractivity contribution in [3.63, 3.8) is 0 Å². The van der Waals surface area contributed by atoms with E-state index >= 15 is 0 Å². The van der Waals surface area contributed by atoms with Crippen molar-refractivity contribution < 1.29 is 4.74 Å². The van der Waals surface area contributed by atoms with Crippen molar-refractivity contribution in [1.29, 1.82) is 0 Å². The molecule has 1 aliphatic rings. The summed E-state index contributed by atoms with van der Waals surface area (Å²) in [6, 6.07) is 66.1. The molecule has 0 atom stereocenters. The van der Waals surface area contributed by atoms with Crippen molar-refractivity contribution in [1.82, 2.24) is 9.13 Å². The first-order valence-electron chi connectivity index (χ1n) is 18.2. The van der Waals surface area contributed by atoms with Crippen molar-refractivity contribution in [2.75, 3.05) is 0 Å². The highest BCUT2D eigenvalue weighted by Crippen LogP contribution is 2.50. The SMILES string of the molecule is c1ccc(-n2c3ccc(-c4ccc5c(c4)c4ccccc4n5-c4ccc5ccccc5c4)cc3c3c4cccc5c4c(cc32)-c2ccccc2O5)cc1. The number of para-hydroxylation sites is 3. The maximum atomic E-state index is 6.52. The summed E-state index contributed by atoms with van der Waals surface area (Å²) in [7, 11) is 0. The van der Waals surface area contributed by atoms with Crippen molar-refractivity contribution in [2.24, 2.45) is 0 Å². The monoisotopic (exact) mass is 674 g/mol. The predicted molar refractivity (Wildman–Crippen MR) is 221 cm³/mol. The molecule has 3 heteroatoms. The van der Waals surface area contributed by atoms with Crippen LogP contribution in [0.5, 0.6) is 11.5 Å². The highest BCUT2D eigenvalue weighted by molar-refractivity contribution is 6.26. The van der Waals surface area contributed by atoms with Gasteiger partial charge in [-0.1, -0.05) is 109 Å². The fourth-order valence-corrected chi connectivity index (χ4v) is 8.93. The molecule has 0 N–H and O–H groups in total. The summed E-state index contributed by atoms with van der Waals surface area (Å²) in [4.78, 5) is 0. The lowest BCUT2D eigenvalue weighted by molar-refractivity contribution is 0.487. The van der Waals surface area contributed by atoms with Crippen LogP contribution in [0, 0.1) is 0 Å². The van der Waals surface area contributed by atoms with Crippen molar-refractivity contribution in [3.05, 3.63) is 182 Å². The lowest BCUT2D eigenvalue weighted by Gasteiger charge is -2.22. The Hall–Kier alpha value is -7.10. The molecule has 3 heterocycles. The first-order valence-corrected chi connectivity index (χ1v) is 18.2. The van der Waals surface area contributed by atoms with E-state index in [2.05, 4.69) is 185 Å². The van der Waals surface area contributed by atoms with Gasteiger partial charge in [0.1, 0.15) is 11.5 Å². The number of benzene rings is 9. The highest BCUT2D eigenvalue weighted by Gasteiger charge is 2.25. The molecule has 0 saturated carbocycles. The van der Waals surface area contributed by atoms with Gasteiger partial charge in [-0.05, 0) is 106 Å². The second-order valence-electron chi connectivity index (χ2n) is 14.1. The van der Waals surface area contributed by atoms with Crippen LogP contribution in [0.4, 0.5) is 0 Å². The smallest absolute Gasteiger partial charge is 0.135 e. The molecule has 0 saturated heterocycles. The van der Waals surface area contributed by atoms with Gasteiger partial charge in [-0.15, -0.1) is 0 Å². The van der Waals surface area contributed by atoms with Gasteiger partial charge in [0.15, 0.2) is 0 Å². The fraction of sp³-hybridized carbons (Fsp3) is 0. The Morgan fingerprint density at radius 2 is 0.981 bits per heavy atom. The number of hydrogen-bond acceptors (Lipinski definition) is 1. The Morgan fingerprint density at radius 1 is 0.321 bits per heavy atom. The Kier molecular flexibility index (Phi) is 5.77. The molecule has 0 spiro atoms. The van der Waals surface area contributed by atoms with E-state index in [9.17, 15) is 0 Å². The van der Waals surface area contributed by atoms with Crippen LogP contribution in [0.1, 0.15) is 0 Å². The first-order chi connectivity index (χ1) is 26.3. The van der Waals surface area contributed by atoms with Gasteiger partial charge in [0.2, 0.25) is 0 Å². The molecule has 0 amide bonds. The van der Waals surface area contributed by atoms with E-state index in [0.29, 0.717) is 0 Å². The average molecular weight is 675 g/mol. The second-order valence-corrected chi connectivity index (χ2v) is 14.1. The Labute approximate surface area is 305 Å². The molecule has 246 valence electrons. The third kappa shape index (κ3) is 4.05. The van der Waals surface area contributed by atoms with Crippen LogP contribution >= 0.6 is 0 Å². The van der Waals surface area contributed by atoms with Crippen LogP contribution in [0.25, 0.3) is 98.8 Å². The van der Waals surface area contributed by atoms with Crippen LogP contribution in [0.3, 0.4) is 0 Å². The number of nitrogens with zero attached hydrogens (tertiary/aromatic N) is 2. The lowest BCUT2D eigenvalue weighted by Crippen LogP contribution is -1.98. The van der Waals surface area contributed by atoms with Gasteiger partial charge in [-0.25, -0.2) is 0 Å². The molecule has 11 aromatic rings. The van der Waals surface area contributed by atoms with Gasteiger partial charge in [-0.2, -0.15) is 0 Å². The maximum absolute atomic E-state index is 6.52. The lowest BCUT2D eigenvalue weighted by atomic mass is 9.91. The van der Waals surface area contributed by atoms with Gasteiger partial charge < -0.3 is 13.9 Å². The normalized spacial score (nSPS) is 12.3. The number of hydrogen-bond donors (Lipinski definition) is 0. The Morgan fingerprint density at radius 3 is 1.87 bits per heavy atom. The number of ether oxygens (including phenoxy) is 1. The van der Waals surface area contributed by atoms with Crippen LogP contribution in [0.15, 0.2) is 182 Å². The molecule has 0 unspecified atom stereocenters.